The number of halogens is 1. The number of ether oxygens (including phenoxy) is 1. The van der Waals surface area contributed by atoms with E-state index in [-0.39, 0.29) is 6.10 Å². The first-order valence-electron chi connectivity index (χ1n) is 6.40. The molecule has 1 aromatic carbocycles. The summed E-state index contributed by atoms with van der Waals surface area (Å²) in [6, 6.07) is 5.35. The number of likely N-dealkylation sites (N-methyl/N-ethyl adjacent to an activating group) is 1. The lowest BCUT2D eigenvalue weighted by Crippen LogP contribution is -2.51. The summed E-state index contributed by atoms with van der Waals surface area (Å²) in [6.45, 7) is 1.80. The zero-order valence-electron chi connectivity index (χ0n) is 10.7. The number of likely N-dealkylation sites (tertiary alicyclic amines) is 1. The topological polar surface area (TPSA) is 49.8 Å². The first-order chi connectivity index (χ1) is 9.01. The lowest BCUT2D eigenvalue weighted by molar-refractivity contribution is -0.140. The molecule has 1 aromatic rings. The molecule has 3 rings (SSSR count). The lowest BCUT2D eigenvalue weighted by atomic mass is 9.96. The quantitative estimate of drug-likeness (QED) is 0.919. The molecule has 2 fully saturated rings. The Morgan fingerprint density at radius 1 is 1.47 bits per heavy atom. The molecule has 0 atom stereocenters. The lowest BCUT2D eigenvalue weighted by Gasteiger charge is -2.36. The third-order valence-electron chi connectivity index (χ3n) is 3.97. The SMILES string of the molecule is CN1CC(Oc2ccc(C3(C(=O)O)CC3)cc2Cl)C1. The van der Waals surface area contributed by atoms with Crippen molar-refractivity contribution in [1.82, 2.24) is 4.90 Å². The molecule has 1 saturated heterocycles. The number of carbonyl (C=O) groups is 1. The predicted octanol–water partition coefficient (Wildman–Crippen LogP) is 2.15. The number of carboxylic acid groups (broad SMARTS) is 1. The number of hydrogen-bond donors (Lipinski definition) is 1. The van der Waals surface area contributed by atoms with Crippen LogP contribution in [0.3, 0.4) is 0 Å². The molecule has 0 radical (unpaired) electrons. The van der Waals surface area contributed by atoms with Crippen molar-refractivity contribution >= 4 is 17.6 Å². The number of nitrogens with zero attached hydrogens (tertiary/aromatic N) is 1. The predicted molar refractivity (Wildman–Crippen MR) is 71.9 cm³/mol. The van der Waals surface area contributed by atoms with E-state index >= 15 is 0 Å². The van der Waals surface area contributed by atoms with Crippen molar-refractivity contribution < 1.29 is 14.6 Å². The van der Waals surface area contributed by atoms with Crippen molar-refractivity contribution in [1.29, 1.82) is 0 Å². The van der Waals surface area contributed by atoms with Gasteiger partial charge >= 0.3 is 5.97 Å². The highest BCUT2D eigenvalue weighted by Gasteiger charge is 2.51. The molecule has 1 aliphatic heterocycles. The van der Waals surface area contributed by atoms with Crippen molar-refractivity contribution in [3.63, 3.8) is 0 Å². The normalized spacial score (nSPS) is 21.8. The smallest absolute Gasteiger partial charge is 0.314 e. The van der Waals surface area contributed by atoms with Gasteiger partial charge in [-0.3, -0.25) is 9.69 Å². The molecule has 5 heteroatoms. The first-order valence-corrected chi connectivity index (χ1v) is 6.78. The second-order valence-corrected chi connectivity index (χ2v) is 5.90. The molecule has 1 saturated carbocycles. The van der Waals surface area contributed by atoms with Crippen LogP contribution in [0.15, 0.2) is 18.2 Å². The molecule has 4 nitrogen and oxygen atoms in total. The molecule has 0 spiro atoms. The van der Waals surface area contributed by atoms with Crippen molar-refractivity contribution in [2.24, 2.45) is 0 Å². The maximum Gasteiger partial charge on any atom is 0.314 e. The highest BCUT2D eigenvalue weighted by molar-refractivity contribution is 6.32. The summed E-state index contributed by atoms with van der Waals surface area (Å²) in [7, 11) is 2.04. The van der Waals surface area contributed by atoms with E-state index in [1.165, 1.54) is 0 Å². The molecule has 0 bridgehead atoms. The Morgan fingerprint density at radius 2 is 2.16 bits per heavy atom. The number of hydrogen-bond acceptors (Lipinski definition) is 3. The van der Waals surface area contributed by atoms with Crippen LogP contribution in [0, 0.1) is 0 Å². The number of carboxylic acids is 1. The van der Waals surface area contributed by atoms with E-state index < -0.39 is 11.4 Å². The maximum absolute atomic E-state index is 11.3. The van der Waals surface area contributed by atoms with Gasteiger partial charge in [-0.1, -0.05) is 17.7 Å². The largest absolute Gasteiger partial charge is 0.486 e. The Labute approximate surface area is 116 Å². The van der Waals surface area contributed by atoms with Crippen LogP contribution in [-0.2, 0) is 10.2 Å². The Kier molecular flexibility index (Phi) is 2.95. The van der Waals surface area contributed by atoms with E-state index in [9.17, 15) is 9.90 Å². The first kappa shape index (κ1) is 12.8. The second-order valence-electron chi connectivity index (χ2n) is 5.49. The second kappa shape index (κ2) is 4.39. The molecule has 1 N–H and O–H groups in total. The monoisotopic (exact) mass is 281 g/mol. The minimum atomic E-state index is -0.766. The molecule has 0 aromatic heterocycles. The van der Waals surface area contributed by atoms with E-state index in [1.54, 1.807) is 12.1 Å². The molecule has 1 aliphatic carbocycles. The molecule has 0 unspecified atom stereocenters. The minimum absolute atomic E-state index is 0.183. The molecule has 0 amide bonds. The summed E-state index contributed by atoms with van der Waals surface area (Å²) in [4.78, 5) is 13.4. The Balaban J connectivity index is 1.77. The summed E-state index contributed by atoms with van der Waals surface area (Å²) in [5.74, 6) is -0.123. The van der Waals surface area contributed by atoms with Crippen LogP contribution in [0.5, 0.6) is 5.75 Å². The summed E-state index contributed by atoms with van der Waals surface area (Å²) in [5.41, 5.74) is 0.0712. The Hall–Kier alpha value is -1.26. The minimum Gasteiger partial charge on any atom is -0.486 e. The highest BCUT2D eigenvalue weighted by atomic mass is 35.5. The van der Waals surface area contributed by atoms with Gasteiger partial charge in [0, 0.05) is 13.1 Å². The van der Waals surface area contributed by atoms with Crippen LogP contribution >= 0.6 is 11.6 Å². The van der Waals surface area contributed by atoms with Crippen molar-refractivity contribution in [3.05, 3.63) is 28.8 Å². The van der Waals surface area contributed by atoms with Gasteiger partial charge in [-0.2, -0.15) is 0 Å². The van der Waals surface area contributed by atoms with Crippen LogP contribution in [-0.4, -0.2) is 42.2 Å². The molecule has 102 valence electrons. The van der Waals surface area contributed by atoms with Crippen LogP contribution in [0.25, 0.3) is 0 Å². The van der Waals surface area contributed by atoms with Gasteiger partial charge < -0.3 is 9.84 Å². The average molecular weight is 282 g/mol. The molecule has 1 heterocycles. The molecular formula is C14H16ClNO3. The maximum atomic E-state index is 11.3. The van der Waals surface area contributed by atoms with Crippen molar-refractivity contribution in [2.45, 2.75) is 24.4 Å². The molecule has 2 aliphatic rings. The van der Waals surface area contributed by atoms with Crippen molar-refractivity contribution in [2.75, 3.05) is 20.1 Å². The van der Waals surface area contributed by atoms with Gasteiger partial charge in [-0.15, -0.1) is 0 Å². The standard InChI is InChI=1S/C14H16ClNO3/c1-16-7-10(8-16)19-12-3-2-9(6-11(12)15)14(4-5-14)13(17)18/h2-3,6,10H,4-5,7-8H2,1H3,(H,17,18). The third-order valence-corrected chi connectivity index (χ3v) is 4.26. The fourth-order valence-corrected chi connectivity index (χ4v) is 2.77. The Morgan fingerprint density at radius 3 is 2.63 bits per heavy atom. The van der Waals surface area contributed by atoms with E-state index in [2.05, 4.69) is 4.90 Å². The Bertz CT molecular complexity index is 521. The van der Waals surface area contributed by atoms with E-state index in [1.807, 2.05) is 13.1 Å². The van der Waals surface area contributed by atoms with Gasteiger partial charge in [0.15, 0.2) is 0 Å². The molecule has 19 heavy (non-hydrogen) atoms. The third kappa shape index (κ3) is 2.19. The van der Waals surface area contributed by atoms with Gasteiger partial charge in [-0.05, 0) is 37.6 Å². The van der Waals surface area contributed by atoms with Crippen LogP contribution < -0.4 is 4.74 Å². The summed E-state index contributed by atoms with van der Waals surface area (Å²) in [6.07, 6.45) is 1.56. The molecular weight excluding hydrogens is 266 g/mol. The highest BCUT2D eigenvalue weighted by Crippen LogP contribution is 2.49. The summed E-state index contributed by atoms with van der Waals surface area (Å²) in [5, 5.41) is 9.76. The van der Waals surface area contributed by atoms with Gasteiger partial charge in [0.05, 0.1) is 10.4 Å². The van der Waals surface area contributed by atoms with Gasteiger partial charge in [0.2, 0.25) is 0 Å². The van der Waals surface area contributed by atoms with E-state index in [0.717, 1.165) is 18.7 Å². The van der Waals surface area contributed by atoms with E-state index in [0.29, 0.717) is 23.6 Å². The van der Waals surface area contributed by atoms with E-state index in [4.69, 9.17) is 16.3 Å². The average Bonchev–Trinajstić information content (AvgIpc) is 3.10. The van der Waals surface area contributed by atoms with Gasteiger partial charge in [0.25, 0.3) is 0 Å². The number of aliphatic carboxylic acids is 1. The zero-order valence-corrected chi connectivity index (χ0v) is 11.5. The van der Waals surface area contributed by atoms with Crippen LogP contribution in [0.1, 0.15) is 18.4 Å². The fourth-order valence-electron chi connectivity index (χ4n) is 2.54. The summed E-state index contributed by atoms with van der Waals surface area (Å²) < 4.78 is 5.78. The van der Waals surface area contributed by atoms with Gasteiger partial charge in [0.1, 0.15) is 11.9 Å². The number of benzene rings is 1. The van der Waals surface area contributed by atoms with Crippen LogP contribution in [0.2, 0.25) is 5.02 Å². The van der Waals surface area contributed by atoms with Gasteiger partial charge in [-0.25, -0.2) is 0 Å². The number of rotatable bonds is 4. The zero-order chi connectivity index (χ0) is 13.6. The summed E-state index contributed by atoms with van der Waals surface area (Å²) >= 11 is 6.20. The van der Waals surface area contributed by atoms with Crippen LogP contribution in [0.4, 0.5) is 0 Å². The van der Waals surface area contributed by atoms with Crippen molar-refractivity contribution in [3.8, 4) is 5.75 Å². The fraction of sp³-hybridized carbons (Fsp3) is 0.500.